The van der Waals surface area contributed by atoms with Crippen LogP contribution in [0.1, 0.15) is 6.42 Å². The lowest BCUT2D eigenvalue weighted by Crippen LogP contribution is -2.37. The Bertz CT molecular complexity index is 550. The van der Waals surface area contributed by atoms with Gasteiger partial charge in [-0.3, -0.25) is 15.0 Å². The van der Waals surface area contributed by atoms with Crippen LogP contribution >= 0.6 is 34.8 Å². The SMILES string of the molecule is NNC(=O)C1CC(=O)N(c2cc(Cl)c(Cl)cc2Cl)C1. The van der Waals surface area contributed by atoms with E-state index >= 15 is 0 Å². The summed E-state index contributed by atoms with van der Waals surface area (Å²) in [5.41, 5.74) is 2.47. The van der Waals surface area contributed by atoms with E-state index in [0.717, 1.165) is 0 Å². The monoisotopic (exact) mass is 321 g/mol. The van der Waals surface area contributed by atoms with Crippen LogP contribution in [0.3, 0.4) is 0 Å². The number of hydrogen-bond acceptors (Lipinski definition) is 3. The van der Waals surface area contributed by atoms with Crippen LogP contribution in [0.2, 0.25) is 15.1 Å². The molecule has 0 aromatic heterocycles. The van der Waals surface area contributed by atoms with E-state index in [4.69, 9.17) is 40.6 Å². The number of carbonyl (C=O) groups excluding carboxylic acids is 2. The number of nitrogens with two attached hydrogens (primary N) is 1. The van der Waals surface area contributed by atoms with E-state index in [1.54, 1.807) is 0 Å². The number of amides is 2. The van der Waals surface area contributed by atoms with Gasteiger partial charge in [0.1, 0.15) is 0 Å². The predicted octanol–water partition coefficient (Wildman–Crippen LogP) is 1.99. The van der Waals surface area contributed by atoms with E-state index < -0.39 is 5.92 Å². The van der Waals surface area contributed by atoms with E-state index in [-0.39, 0.29) is 24.8 Å². The molecule has 1 aliphatic rings. The van der Waals surface area contributed by atoms with Crippen LogP contribution in [0.5, 0.6) is 0 Å². The first-order valence-electron chi connectivity index (χ1n) is 5.39. The first-order valence-corrected chi connectivity index (χ1v) is 6.52. The highest BCUT2D eigenvalue weighted by Gasteiger charge is 2.35. The molecule has 8 heteroatoms. The number of anilines is 1. The van der Waals surface area contributed by atoms with Crippen molar-refractivity contribution in [1.29, 1.82) is 0 Å². The fraction of sp³-hybridized carbons (Fsp3) is 0.273. The molecule has 0 spiro atoms. The molecule has 1 unspecified atom stereocenters. The van der Waals surface area contributed by atoms with E-state index in [2.05, 4.69) is 0 Å². The fourth-order valence-electron chi connectivity index (χ4n) is 1.95. The number of rotatable bonds is 2. The largest absolute Gasteiger partial charge is 0.310 e. The van der Waals surface area contributed by atoms with Crippen LogP contribution in [-0.2, 0) is 9.59 Å². The van der Waals surface area contributed by atoms with E-state index in [1.165, 1.54) is 17.0 Å². The molecule has 19 heavy (non-hydrogen) atoms. The smallest absolute Gasteiger partial charge is 0.239 e. The molecule has 1 atom stereocenters. The second-order valence-electron chi connectivity index (χ2n) is 4.13. The van der Waals surface area contributed by atoms with Gasteiger partial charge in [0, 0.05) is 13.0 Å². The van der Waals surface area contributed by atoms with Crippen LogP contribution in [0.4, 0.5) is 5.69 Å². The van der Waals surface area contributed by atoms with Crippen molar-refractivity contribution in [1.82, 2.24) is 5.43 Å². The lowest BCUT2D eigenvalue weighted by Gasteiger charge is -2.18. The highest BCUT2D eigenvalue weighted by atomic mass is 35.5. The second kappa shape index (κ2) is 5.54. The first kappa shape index (κ1) is 14.4. The summed E-state index contributed by atoms with van der Waals surface area (Å²) in [7, 11) is 0. The standard InChI is InChI=1S/C11H10Cl3N3O2/c12-6-2-8(14)9(3-7(6)13)17-4-5(1-10(17)18)11(19)16-15/h2-3,5H,1,4,15H2,(H,16,19). The summed E-state index contributed by atoms with van der Waals surface area (Å²) in [5.74, 6) is 3.97. The van der Waals surface area contributed by atoms with Crippen molar-refractivity contribution >= 4 is 52.3 Å². The fourth-order valence-corrected chi connectivity index (χ4v) is 2.60. The highest BCUT2D eigenvalue weighted by molar-refractivity contribution is 6.44. The molecule has 5 nitrogen and oxygen atoms in total. The molecule has 1 aromatic carbocycles. The molecule has 2 rings (SSSR count). The van der Waals surface area contributed by atoms with Crippen LogP contribution in [0.15, 0.2) is 12.1 Å². The maximum atomic E-state index is 11.9. The van der Waals surface area contributed by atoms with Crippen LogP contribution in [-0.4, -0.2) is 18.4 Å². The van der Waals surface area contributed by atoms with Crippen molar-refractivity contribution in [2.75, 3.05) is 11.4 Å². The molecule has 1 aliphatic heterocycles. The van der Waals surface area contributed by atoms with Crippen LogP contribution < -0.4 is 16.2 Å². The summed E-state index contributed by atoms with van der Waals surface area (Å²) >= 11 is 17.8. The zero-order chi connectivity index (χ0) is 14.2. The Morgan fingerprint density at radius 1 is 1.26 bits per heavy atom. The van der Waals surface area contributed by atoms with E-state index in [0.29, 0.717) is 20.8 Å². The summed E-state index contributed by atoms with van der Waals surface area (Å²) in [6, 6.07) is 2.97. The Balaban J connectivity index is 2.30. The molecule has 1 aromatic rings. The number of hydrazine groups is 1. The topological polar surface area (TPSA) is 75.4 Å². The molecule has 1 heterocycles. The molecule has 3 N–H and O–H groups in total. The van der Waals surface area contributed by atoms with Gasteiger partial charge in [-0.15, -0.1) is 0 Å². The Kier molecular flexibility index (Phi) is 4.20. The van der Waals surface area contributed by atoms with Gasteiger partial charge in [0.05, 0.1) is 26.7 Å². The van der Waals surface area contributed by atoms with Crippen molar-refractivity contribution in [3.63, 3.8) is 0 Å². The van der Waals surface area contributed by atoms with Crippen molar-refractivity contribution in [3.8, 4) is 0 Å². The normalized spacial score (nSPS) is 18.8. The molecule has 0 saturated carbocycles. The summed E-state index contributed by atoms with van der Waals surface area (Å²) in [4.78, 5) is 24.8. The van der Waals surface area contributed by atoms with Crippen molar-refractivity contribution in [3.05, 3.63) is 27.2 Å². The maximum Gasteiger partial charge on any atom is 0.239 e. The summed E-state index contributed by atoms with van der Waals surface area (Å²) in [5, 5.41) is 0.899. The molecular weight excluding hydrogens is 312 g/mol. The van der Waals surface area contributed by atoms with Crippen LogP contribution in [0, 0.1) is 5.92 Å². The third-order valence-electron chi connectivity index (χ3n) is 2.92. The average molecular weight is 323 g/mol. The summed E-state index contributed by atoms with van der Waals surface area (Å²) in [6.07, 6.45) is 0.0829. The maximum absolute atomic E-state index is 11.9. The minimum atomic E-state index is -0.497. The van der Waals surface area contributed by atoms with Crippen molar-refractivity contribution in [2.24, 2.45) is 11.8 Å². The van der Waals surface area contributed by atoms with Crippen molar-refractivity contribution in [2.45, 2.75) is 6.42 Å². The number of benzene rings is 1. The van der Waals surface area contributed by atoms with E-state index in [1.807, 2.05) is 5.43 Å². The molecule has 0 aliphatic carbocycles. The van der Waals surface area contributed by atoms with Gasteiger partial charge in [-0.2, -0.15) is 0 Å². The average Bonchev–Trinajstić information content (AvgIpc) is 2.75. The number of carbonyl (C=O) groups is 2. The van der Waals surface area contributed by atoms with Crippen LogP contribution in [0.25, 0.3) is 0 Å². The van der Waals surface area contributed by atoms with Gasteiger partial charge in [0.25, 0.3) is 0 Å². The molecule has 2 amide bonds. The lowest BCUT2D eigenvalue weighted by molar-refractivity contribution is -0.126. The van der Waals surface area contributed by atoms with Gasteiger partial charge in [-0.05, 0) is 12.1 Å². The predicted molar refractivity (Wildman–Crippen MR) is 74.3 cm³/mol. The minimum absolute atomic E-state index is 0.0829. The van der Waals surface area contributed by atoms with Crippen molar-refractivity contribution < 1.29 is 9.59 Å². The summed E-state index contributed by atoms with van der Waals surface area (Å²) < 4.78 is 0. The molecule has 1 saturated heterocycles. The second-order valence-corrected chi connectivity index (χ2v) is 5.35. The Hall–Kier alpha value is -1.01. The molecule has 102 valence electrons. The molecule has 0 radical (unpaired) electrons. The van der Waals surface area contributed by atoms with Gasteiger partial charge >= 0.3 is 0 Å². The zero-order valence-corrected chi connectivity index (χ0v) is 11.9. The number of nitrogens with zero attached hydrogens (tertiary/aromatic N) is 1. The Morgan fingerprint density at radius 2 is 1.89 bits per heavy atom. The molecular formula is C11H10Cl3N3O2. The highest BCUT2D eigenvalue weighted by Crippen LogP contribution is 2.37. The molecule has 1 fully saturated rings. The van der Waals surface area contributed by atoms with Gasteiger partial charge in [-0.1, -0.05) is 34.8 Å². The third-order valence-corrected chi connectivity index (χ3v) is 3.94. The van der Waals surface area contributed by atoms with Gasteiger partial charge in [0.2, 0.25) is 11.8 Å². The zero-order valence-electron chi connectivity index (χ0n) is 9.62. The molecule has 0 bridgehead atoms. The van der Waals surface area contributed by atoms with E-state index in [9.17, 15) is 9.59 Å². The third kappa shape index (κ3) is 2.79. The minimum Gasteiger partial charge on any atom is -0.310 e. The first-order chi connectivity index (χ1) is 8.93. The van der Waals surface area contributed by atoms with Gasteiger partial charge in [-0.25, -0.2) is 5.84 Å². The quantitative estimate of drug-likeness (QED) is 0.378. The summed E-state index contributed by atoms with van der Waals surface area (Å²) in [6.45, 7) is 0.208. The number of hydrogen-bond donors (Lipinski definition) is 2. The Morgan fingerprint density at radius 3 is 2.53 bits per heavy atom. The number of halogens is 3. The Labute approximate surface area is 124 Å². The lowest BCUT2D eigenvalue weighted by atomic mass is 10.1. The van der Waals surface area contributed by atoms with Gasteiger partial charge < -0.3 is 4.90 Å². The van der Waals surface area contributed by atoms with Gasteiger partial charge in [0.15, 0.2) is 0 Å². The number of nitrogens with one attached hydrogen (secondary N) is 1.